The Balaban J connectivity index is 2.33. The van der Waals surface area contributed by atoms with Gasteiger partial charge in [-0.3, -0.25) is 4.79 Å². The fourth-order valence-electron chi connectivity index (χ4n) is 2.21. The lowest BCUT2D eigenvalue weighted by molar-refractivity contribution is -0.144. The average molecular weight is 252 g/mol. The van der Waals surface area contributed by atoms with Gasteiger partial charge in [-0.05, 0) is 25.3 Å². The van der Waals surface area contributed by atoms with Crippen molar-refractivity contribution in [1.29, 1.82) is 0 Å². The summed E-state index contributed by atoms with van der Waals surface area (Å²) < 4.78 is 35.8. The van der Waals surface area contributed by atoms with E-state index in [1.165, 1.54) is 0 Å². The third kappa shape index (κ3) is 5.39. The van der Waals surface area contributed by atoms with Crippen LogP contribution in [0.15, 0.2) is 0 Å². The molecular formula is C11H19F3N2O. The van der Waals surface area contributed by atoms with Crippen LogP contribution in [0.25, 0.3) is 0 Å². The Morgan fingerprint density at radius 3 is 2.53 bits per heavy atom. The van der Waals surface area contributed by atoms with E-state index in [4.69, 9.17) is 5.73 Å². The molecule has 0 bridgehead atoms. The number of hydrogen-bond donors (Lipinski definition) is 2. The molecule has 0 aromatic heterocycles. The first-order chi connectivity index (χ1) is 7.92. The molecule has 17 heavy (non-hydrogen) atoms. The van der Waals surface area contributed by atoms with Crippen molar-refractivity contribution in [2.24, 2.45) is 11.7 Å². The van der Waals surface area contributed by atoms with Gasteiger partial charge >= 0.3 is 6.18 Å². The maximum absolute atomic E-state index is 11.9. The van der Waals surface area contributed by atoms with Crippen molar-refractivity contribution in [3.8, 4) is 0 Å². The van der Waals surface area contributed by atoms with E-state index < -0.39 is 24.9 Å². The first-order valence-electron chi connectivity index (χ1n) is 5.98. The van der Waals surface area contributed by atoms with Crippen molar-refractivity contribution in [1.82, 2.24) is 5.32 Å². The molecular weight excluding hydrogens is 233 g/mol. The summed E-state index contributed by atoms with van der Waals surface area (Å²) in [5.41, 5.74) is 5.58. The predicted molar refractivity (Wildman–Crippen MR) is 58.2 cm³/mol. The first-order valence-corrected chi connectivity index (χ1v) is 5.98. The Kier molecular flexibility index (Phi) is 5.24. The number of rotatable bonds is 4. The summed E-state index contributed by atoms with van der Waals surface area (Å²) in [6.07, 6.45) is -1.97. The highest BCUT2D eigenvalue weighted by Crippen LogP contribution is 2.24. The fourth-order valence-corrected chi connectivity index (χ4v) is 2.21. The highest BCUT2D eigenvalue weighted by molar-refractivity contribution is 5.76. The Bertz CT molecular complexity index is 256. The molecule has 3 N–H and O–H groups in total. The van der Waals surface area contributed by atoms with E-state index >= 15 is 0 Å². The van der Waals surface area contributed by atoms with Crippen LogP contribution in [0, 0.1) is 5.92 Å². The lowest BCUT2D eigenvalue weighted by atomic mass is 9.84. The SMILES string of the molecule is NCC1CCCCC1NC(=O)CCC(F)(F)F. The van der Waals surface area contributed by atoms with Gasteiger partial charge in [-0.2, -0.15) is 13.2 Å². The second-order valence-corrected chi connectivity index (χ2v) is 4.57. The molecule has 0 aliphatic heterocycles. The molecule has 100 valence electrons. The monoisotopic (exact) mass is 252 g/mol. The molecule has 1 fully saturated rings. The minimum atomic E-state index is -4.27. The van der Waals surface area contributed by atoms with Crippen molar-refractivity contribution in [2.45, 2.75) is 50.7 Å². The summed E-state index contributed by atoms with van der Waals surface area (Å²) >= 11 is 0. The normalized spacial score (nSPS) is 25.6. The molecule has 0 spiro atoms. The van der Waals surface area contributed by atoms with Crippen molar-refractivity contribution in [3.05, 3.63) is 0 Å². The minimum Gasteiger partial charge on any atom is -0.353 e. The summed E-state index contributed by atoms with van der Waals surface area (Å²) in [7, 11) is 0. The molecule has 2 unspecified atom stereocenters. The molecule has 0 radical (unpaired) electrons. The van der Waals surface area contributed by atoms with Crippen LogP contribution < -0.4 is 11.1 Å². The summed E-state index contributed by atoms with van der Waals surface area (Å²) in [6, 6.07) is -0.0468. The van der Waals surface area contributed by atoms with Gasteiger partial charge in [-0.15, -0.1) is 0 Å². The van der Waals surface area contributed by atoms with Gasteiger partial charge in [-0.25, -0.2) is 0 Å². The quantitative estimate of drug-likeness (QED) is 0.803. The van der Waals surface area contributed by atoms with Gasteiger partial charge in [0.1, 0.15) is 0 Å². The summed E-state index contributed by atoms with van der Waals surface area (Å²) in [5.74, 6) is -0.314. The molecule has 0 aromatic carbocycles. The Morgan fingerprint density at radius 2 is 1.94 bits per heavy atom. The number of amides is 1. The van der Waals surface area contributed by atoms with E-state index in [1.807, 2.05) is 0 Å². The molecule has 0 heterocycles. The van der Waals surface area contributed by atoms with Crippen LogP contribution in [0.5, 0.6) is 0 Å². The van der Waals surface area contributed by atoms with Crippen LogP contribution in [0.2, 0.25) is 0 Å². The van der Waals surface area contributed by atoms with Crippen LogP contribution in [0.1, 0.15) is 38.5 Å². The Labute approximate surface area is 98.9 Å². The minimum absolute atomic E-state index is 0.0468. The van der Waals surface area contributed by atoms with Crippen molar-refractivity contribution >= 4 is 5.91 Å². The van der Waals surface area contributed by atoms with E-state index in [2.05, 4.69) is 5.32 Å². The fraction of sp³-hybridized carbons (Fsp3) is 0.909. The number of nitrogens with one attached hydrogen (secondary N) is 1. The zero-order chi connectivity index (χ0) is 12.9. The molecule has 1 aliphatic rings. The van der Waals surface area contributed by atoms with Gasteiger partial charge in [0.05, 0.1) is 6.42 Å². The highest BCUT2D eigenvalue weighted by Gasteiger charge is 2.30. The molecule has 0 aromatic rings. The first kappa shape index (κ1) is 14.3. The number of carbonyl (C=O) groups excluding carboxylic acids is 1. The molecule has 2 atom stereocenters. The van der Waals surface area contributed by atoms with E-state index in [1.54, 1.807) is 0 Å². The third-order valence-corrected chi connectivity index (χ3v) is 3.19. The molecule has 1 aliphatic carbocycles. The molecule has 0 saturated heterocycles. The van der Waals surface area contributed by atoms with Crippen LogP contribution in [-0.2, 0) is 4.79 Å². The maximum Gasteiger partial charge on any atom is 0.389 e. The van der Waals surface area contributed by atoms with Crippen molar-refractivity contribution < 1.29 is 18.0 Å². The second-order valence-electron chi connectivity index (χ2n) is 4.57. The number of halogens is 3. The van der Waals surface area contributed by atoms with Crippen LogP contribution in [-0.4, -0.2) is 24.7 Å². The topological polar surface area (TPSA) is 55.1 Å². The van der Waals surface area contributed by atoms with E-state index in [0.717, 1.165) is 25.7 Å². The van der Waals surface area contributed by atoms with Gasteiger partial charge in [0, 0.05) is 12.5 Å². The lowest BCUT2D eigenvalue weighted by Gasteiger charge is -2.31. The second kappa shape index (κ2) is 6.23. The maximum atomic E-state index is 11.9. The van der Waals surface area contributed by atoms with Crippen LogP contribution in [0.4, 0.5) is 13.2 Å². The number of nitrogens with two attached hydrogens (primary N) is 1. The van der Waals surface area contributed by atoms with Gasteiger partial charge < -0.3 is 11.1 Å². The van der Waals surface area contributed by atoms with Gasteiger partial charge in [-0.1, -0.05) is 12.8 Å². The summed E-state index contributed by atoms with van der Waals surface area (Å²) in [5, 5.41) is 2.67. The van der Waals surface area contributed by atoms with Crippen LogP contribution >= 0.6 is 0 Å². The molecule has 1 rings (SSSR count). The van der Waals surface area contributed by atoms with E-state index in [0.29, 0.717) is 6.54 Å². The van der Waals surface area contributed by atoms with Crippen molar-refractivity contribution in [2.75, 3.05) is 6.54 Å². The van der Waals surface area contributed by atoms with Crippen LogP contribution in [0.3, 0.4) is 0 Å². The smallest absolute Gasteiger partial charge is 0.353 e. The average Bonchev–Trinajstić information content (AvgIpc) is 2.26. The third-order valence-electron chi connectivity index (χ3n) is 3.19. The van der Waals surface area contributed by atoms with Gasteiger partial charge in [0.25, 0.3) is 0 Å². The highest BCUT2D eigenvalue weighted by atomic mass is 19.4. The lowest BCUT2D eigenvalue weighted by Crippen LogP contribution is -2.44. The zero-order valence-corrected chi connectivity index (χ0v) is 9.72. The Morgan fingerprint density at radius 1 is 1.29 bits per heavy atom. The Hall–Kier alpha value is -0.780. The number of alkyl halides is 3. The van der Waals surface area contributed by atoms with E-state index in [9.17, 15) is 18.0 Å². The largest absolute Gasteiger partial charge is 0.389 e. The van der Waals surface area contributed by atoms with E-state index in [-0.39, 0.29) is 12.0 Å². The zero-order valence-electron chi connectivity index (χ0n) is 9.72. The summed E-state index contributed by atoms with van der Waals surface area (Å²) in [6.45, 7) is 0.476. The molecule has 6 heteroatoms. The van der Waals surface area contributed by atoms with Gasteiger partial charge in [0.2, 0.25) is 5.91 Å². The number of carbonyl (C=O) groups is 1. The molecule has 1 saturated carbocycles. The summed E-state index contributed by atoms with van der Waals surface area (Å²) in [4.78, 5) is 11.4. The molecule has 3 nitrogen and oxygen atoms in total. The number of hydrogen-bond acceptors (Lipinski definition) is 2. The predicted octanol–water partition coefficient (Wildman–Crippen LogP) is 1.96. The standard InChI is InChI=1S/C11H19F3N2O/c12-11(13,14)6-5-10(17)16-9-4-2-1-3-8(9)7-15/h8-9H,1-7,15H2,(H,16,17). The van der Waals surface area contributed by atoms with Gasteiger partial charge in [0.15, 0.2) is 0 Å². The molecule has 1 amide bonds. The van der Waals surface area contributed by atoms with Crippen molar-refractivity contribution in [3.63, 3.8) is 0 Å².